The van der Waals surface area contributed by atoms with Crippen LogP contribution in [-0.4, -0.2) is 73.3 Å². The van der Waals surface area contributed by atoms with Gasteiger partial charge in [-0.1, -0.05) is 0 Å². The second-order valence-corrected chi connectivity index (χ2v) is 6.63. The van der Waals surface area contributed by atoms with E-state index in [1.165, 1.54) is 12.3 Å². The third-order valence-corrected chi connectivity index (χ3v) is 4.93. The second kappa shape index (κ2) is 7.69. The van der Waals surface area contributed by atoms with Crippen molar-refractivity contribution in [1.82, 2.24) is 14.8 Å². The number of carbonyl (C=O) groups is 1. The number of anilines is 1. The summed E-state index contributed by atoms with van der Waals surface area (Å²) >= 11 is 0. The van der Waals surface area contributed by atoms with E-state index in [9.17, 15) is 18.0 Å². The number of aromatic nitrogens is 1. The SMILES string of the molecule is CN(C(=O)N1CCOCC1)C1CCCN(c2ccc(C(F)(F)F)nc2)C1. The zero-order valence-electron chi connectivity index (χ0n) is 14.7. The number of hydrogen-bond donors (Lipinski definition) is 0. The fourth-order valence-electron chi connectivity index (χ4n) is 3.38. The Balaban J connectivity index is 1.64. The number of likely N-dealkylation sites (N-methyl/N-ethyl adjacent to an activating group) is 1. The molecule has 0 N–H and O–H groups in total. The number of carbonyl (C=O) groups excluding carboxylic acids is 1. The molecule has 1 atom stereocenters. The van der Waals surface area contributed by atoms with Crippen molar-refractivity contribution in [2.45, 2.75) is 25.1 Å². The Bertz CT molecular complexity index is 617. The van der Waals surface area contributed by atoms with Crippen LogP contribution in [0.5, 0.6) is 0 Å². The highest BCUT2D eigenvalue weighted by molar-refractivity contribution is 5.74. The first-order valence-electron chi connectivity index (χ1n) is 8.74. The van der Waals surface area contributed by atoms with Gasteiger partial charge in [0.05, 0.1) is 31.1 Å². The number of pyridine rings is 1. The lowest BCUT2D eigenvalue weighted by Crippen LogP contribution is -2.54. The summed E-state index contributed by atoms with van der Waals surface area (Å²) in [7, 11) is 1.79. The zero-order chi connectivity index (χ0) is 18.7. The smallest absolute Gasteiger partial charge is 0.378 e. The highest BCUT2D eigenvalue weighted by Gasteiger charge is 2.33. The third kappa shape index (κ3) is 4.20. The van der Waals surface area contributed by atoms with Crippen LogP contribution in [0.25, 0.3) is 0 Å². The molecule has 2 saturated heterocycles. The van der Waals surface area contributed by atoms with Gasteiger partial charge in [-0.15, -0.1) is 0 Å². The van der Waals surface area contributed by atoms with Crippen LogP contribution in [0.15, 0.2) is 18.3 Å². The first-order valence-corrected chi connectivity index (χ1v) is 8.74. The summed E-state index contributed by atoms with van der Waals surface area (Å²) in [5.74, 6) is 0. The van der Waals surface area contributed by atoms with Crippen LogP contribution in [0.4, 0.5) is 23.7 Å². The van der Waals surface area contributed by atoms with Crippen LogP contribution >= 0.6 is 0 Å². The van der Waals surface area contributed by atoms with Crippen molar-refractivity contribution < 1.29 is 22.7 Å². The molecule has 26 heavy (non-hydrogen) atoms. The van der Waals surface area contributed by atoms with E-state index in [-0.39, 0.29) is 12.1 Å². The highest BCUT2D eigenvalue weighted by atomic mass is 19.4. The molecule has 0 aliphatic carbocycles. The first kappa shape index (κ1) is 18.8. The molecule has 2 aliphatic heterocycles. The summed E-state index contributed by atoms with van der Waals surface area (Å²) in [6.07, 6.45) is -1.44. The Hall–Kier alpha value is -2.03. The molecular formula is C17H23F3N4O2. The van der Waals surface area contributed by atoms with Crippen molar-refractivity contribution in [1.29, 1.82) is 0 Å². The molecule has 2 aliphatic rings. The minimum atomic E-state index is -4.44. The van der Waals surface area contributed by atoms with Crippen molar-refractivity contribution in [2.75, 3.05) is 51.3 Å². The zero-order valence-corrected chi connectivity index (χ0v) is 14.7. The minimum absolute atomic E-state index is 0.0152. The average Bonchev–Trinajstić information content (AvgIpc) is 2.67. The summed E-state index contributed by atoms with van der Waals surface area (Å²) < 4.78 is 43.3. The summed E-state index contributed by atoms with van der Waals surface area (Å²) in [6, 6.07) is 2.44. The molecule has 0 radical (unpaired) electrons. The normalized spacial score (nSPS) is 21.6. The van der Waals surface area contributed by atoms with E-state index in [1.54, 1.807) is 16.8 Å². The Kier molecular flexibility index (Phi) is 5.55. The number of amides is 2. The maximum atomic E-state index is 12.7. The molecule has 2 fully saturated rings. The van der Waals surface area contributed by atoms with Gasteiger partial charge in [-0.2, -0.15) is 13.2 Å². The topological polar surface area (TPSA) is 48.9 Å². The fraction of sp³-hybridized carbons (Fsp3) is 0.647. The molecule has 1 aromatic heterocycles. The Morgan fingerprint density at radius 2 is 2.00 bits per heavy atom. The molecule has 0 bridgehead atoms. The molecule has 0 spiro atoms. The molecule has 1 aromatic rings. The van der Waals surface area contributed by atoms with Crippen molar-refractivity contribution in [3.8, 4) is 0 Å². The van der Waals surface area contributed by atoms with Gasteiger partial charge in [-0.25, -0.2) is 9.78 Å². The summed E-state index contributed by atoms with van der Waals surface area (Å²) in [5.41, 5.74) is -0.246. The van der Waals surface area contributed by atoms with E-state index >= 15 is 0 Å². The summed E-state index contributed by atoms with van der Waals surface area (Å²) in [5, 5.41) is 0. The number of halogens is 3. The van der Waals surface area contributed by atoms with Gasteiger partial charge in [0.1, 0.15) is 5.69 Å². The standard InChI is InChI=1S/C17H23F3N4O2/c1-22(16(25)23-7-9-26-10-8-23)14-3-2-6-24(12-14)13-4-5-15(21-11-13)17(18,19)20/h4-5,11,14H,2-3,6-10,12H2,1H3. The largest absolute Gasteiger partial charge is 0.433 e. The van der Waals surface area contributed by atoms with Gasteiger partial charge in [0.15, 0.2) is 0 Å². The summed E-state index contributed by atoms with van der Waals surface area (Å²) in [6.45, 7) is 3.59. The number of piperidine rings is 1. The maximum absolute atomic E-state index is 12.7. The summed E-state index contributed by atoms with van der Waals surface area (Å²) in [4.78, 5) is 21.7. The highest BCUT2D eigenvalue weighted by Crippen LogP contribution is 2.29. The number of ether oxygens (including phenoxy) is 1. The van der Waals surface area contributed by atoms with Crippen molar-refractivity contribution in [3.05, 3.63) is 24.0 Å². The number of nitrogens with zero attached hydrogens (tertiary/aromatic N) is 4. The molecule has 3 rings (SSSR count). The monoisotopic (exact) mass is 372 g/mol. The molecule has 1 unspecified atom stereocenters. The Morgan fingerprint density at radius 1 is 1.27 bits per heavy atom. The minimum Gasteiger partial charge on any atom is -0.378 e. The van der Waals surface area contributed by atoms with Crippen molar-refractivity contribution >= 4 is 11.7 Å². The van der Waals surface area contributed by atoms with E-state index in [1.807, 2.05) is 4.90 Å². The number of alkyl halides is 3. The number of hydrogen-bond acceptors (Lipinski definition) is 4. The second-order valence-electron chi connectivity index (χ2n) is 6.63. The average molecular weight is 372 g/mol. The predicted molar refractivity (Wildman–Crippen MR) is 90.0 cm³/mol. The lowest BCUT2D eigenvalue weighted by molar-refractivity contribution is -0.141. The molecule has 9 heteroatoms. The molecule has 0 aromatic carbocycles. The maximum Gasteiger partial charge on any atom is 0.433 e. The molecular weight excluding hydrogens is 349 g/mol. The third-order valence-electron chi connectivity index (χ3n) is 4.93. The molecule has 3 heterocycles. The predicted octanol–water partition coefficient (Wildman–Crippen LogP) is 2.45. The lowest BCUT2D eigenvalue weighted by atomic mass is 10.0. The van der Waals surface area contributed by atoms with Crippen LogP contribution in [-0.2, 0) is 10.9 Å². The fourth-order valence-corrected chi connectivity index (χ4v) is 3.38. The van der Waals surface area contributed by atoms with Gasteiger partial charge >= 0.3 is 12.2 Å². The van der Waals surface area contributed by atoms with E-state index in [0.29, 0.717) is 38.5 Å². The van der Waals surface area contributed by atoms with Gasteiger partial charge < -0.3 is 19.4 Å². The van der Waals surface area contributed by atoms with Crippen LogP contribution in [0.1, 0.15) is 18.5 Å². The van der Waals surface area contributed by atoms with E-state index in [0.717, 1.165) is 25.5 Å². The van der Waals surface area contributed by atoms with E-state index in [4.69, 9.17) is 4.74 Å². The molecule has 144 valence electrons. The molecule has 2 amide bonds. The van der Waals surface area contributed by atoms with Crippen molar-refractivity contribution in [2.24, 2.45) is 0 Å². The van der Waals surface area contributed by atoms with E-state index in [2.05, 4.69) is 4.98 Å². The number of morpholine rings is 1. The van der Waals surface area contributed by atoms with Crippen LogP contribution < -0.4 is 4.90 Å². The van der Waals surface area contributed by atoms with Gasteiger partial charge in [-0.05, 0) is 25.0 Å². The Morgan fingerprint density at radius 3 is 2.62 bits per heavy atom. The van der Waals surface area contributed by atoms with Crippen LogP contribution in [0.2, 0.25) is 0 Å². The van der Waals surface area contributed by atoms with E-state index < -0.39 is 11.9 Å². The van der Waals surface area contributed by atoms with Gasteiger partial charge in [-0.3, -0.25) is 0 Å². The Labute approximate surface area is 150 Å². The van der Waals surface area contributed by atoms with Crippen LogP contribution in [0.3, 0.4) is 0 Å². The first-order chi connectivity index (χ1) is 12.4. The van der Waals surface area contributed by atoms with Gasteiger partial charge in [0.2, 0.25) is 0 Å². The lowest BCUT2D eigenvalue weighted by Gasteiger charge is -2.41. The number of rotatable bonds is 2. The quantitative estimate of drug-likeness (QED) is 0.800. The molecule has 6 nitrogen and oxygen atoms in total. The van der Waals surface area contributed by atoms with Gasteiger partial charge in [0.25, 0.3) is 0 Å². The van der Waals surface area contributed by atoms with Crippen molar-refractivity contribution in [3.63, 3.8) is 0 Å². The van der Waals surface area contributed by atoms with Crippen LogP contribution in [0, 0.1) is 0 Å². The van der Waals surface area contributed by atoms with Gasteiger partial charge in [0, 0.05) is 33.2 Å². The molecule has 0 saturated carbocycles. The number of urea groups is 1.